The van der Waals surface area contributed by atoms with E-state index in [0.717, 1.165) is 30.1 Å². The molecule has 1 heterocycles. The highest BCUT2D eigenvalue weighted by molar-refractivity contribution is 7.13. The normalized spacial score (nSPS) is 25.6. The minimum atomic E-state index is 0.295. The monoisotopic (exact) mass is 240 g/mol. The molecule has 4 heteroatoms. The third-order valence-electron chi connectivity index (χ3n) is 3.37. The summed E-state index contributed by atoms with van der Waals surface area (Å²) in [4.78, 5) is 4.52. The number of thiazole rings is 1. The maximum absolute atomic E-state index is 9.33. The molecule has 1 aliphatic rings. The van der Waals surface area contributed by atoms with Crippen LogP contribution in [-0.2, 0) is 6.42 Å². The number of nitrogens with one attached hydrogen (secondary N) is 1. The summed E-state index contributed by atoms with van der Waals surface area (Å²) in [6.45, 7) is 2.42. The molecule has 3 nitrogen and oxygen atoms in total. The summed E-state index contributed by atoms with van der Waals surface area (Å²) in [5, 5.41) is 15.9. The molecule has 2 atom stereocenters. The molecule has 0 spiro atoms. The zero-order valence-electron chi connectivity index (χ0n) is 9.78. The lowest BCUT2D eigenvalue weighted by Gasteiger charge is -2.30. The highest BCUT2D eigenvalue weighted by Gasteiger charge is 2.24. The molecule has 90 valence electrons. The van der Waals surface area contributed by atoms with Crippen LogP contribution in [0.4, 0.5) is 5.13 Å². The van der Waals surface area contributed by atoms with Gasteiger partial charge in [0.15, 0.2) is 5.13 Å². The maximum atomic E-state index is 9.33. The minimum Gasteiger partial charge on any atom is -0.396 e. The van der Waals surface area contributed by atoms with Crippen molar-refractivity contribution in [3.63, 3.8) is 0 Å². The fraction of sp³-hybridized carbons (Fsp3) is 0.750. The van der Waals surface area contributed by atoms with E-state index in [9.17, 15) is 5.11 Å². The van der Waals surface area contributed by atoms with Gasteiger partial charge < -0.3 is 10.4 Å². The van der Waals surface area contributed by atoms with Gasteiger partial charge in [0.2, 0.25) is 0 Å². The fourth-order valence-electron chi connectivity index (χ4n) is 2.31. The van der Waals surface area contributed by atoms with E-state index >= 15 is 0 Å². The summed E-state index contributed by atoms with van der Waals surface area (Å²) in [5.74, 6) is 0.405. The lowest BCUT2D eigenvalue weighted by molar-refractivity contribution is 0.178. The average molecular weight is 240 g/mol. The van der Waals surface area contributed by atoms with Gasteiger partial charge >= 0.3 is 0 Å². The summed E-state index contributed by atoms with van der Waals surface area (Å²) in [6.07, 6.45) is 5.81. The molecule has 2 unspecified atom stereocenters. The molecule has 0 aromatic carbocycles. The Morgan fingerprint density at radius 2 is 2.31 bits per heavy atom. The smallest absolute Gasteiger partial charge is 0.183 e. The Morgan fingerprint density at radius 3 is 3.00 bits per heavy atom. The number of anilines is 1. The van der Waals surface area contributed by atoms with Crippen molar-refractivity contribution < 1.29 is 5.11 Å². The summed E-state index contributed by atoms with van der Waals surface area (Å²) in [6, 6.07) is 0.412. The molecular formula is C12H20N2OS. The Labute approximate surface area is 101 Å². The van der Waals surface area contributed by atoms with Gasteiger partial charge in [0.1, 0.15) is 0 Å². The Morgan fingerprint density at radius 1 is 1.50 bits per heavy atom. The van der Waals surface area contributed by atoms with E-state index in [1.165, 1.54) is 12.8 Å². The van der Waals surface area contributed by atoms with E-state index in [-0.39, 0.29) is 0 Å². The van der Waals surface area contributed by atoms with Crippen LogP contribution in [-0.4, -0.2) is 22.7 Å². The van der Waals surface area contributed by atoms with Gasteiger partial charge in [-0.15, -0.1) is 11.3 Å². The van der Waals surface area contributed by atoms with Gasteiger partial charge in [-0.1, -0.05) is 19.8 Å². The van der Waals surface area contributed by atoms with Crippen molar-refractivity contribution in [2.75, 3.05) is 11.9 Å². The zero-order valence-corrected chi connectivity index (χ0v) is 10.6. The predicted octanol–water partition coefficient (Wildman–Crippen LogP) is 2.67. The standard InChI is InChI=1S/C12H20N2OS/c1-2-10-8-16-12(13-10)14-11-6-4-3-5-9(11)7-15/h8-9,11,15H,2-7H2,1H3,(H,13,14). The molecule has 16 heavy (non-hydrogen) atoms. The van der Waals surface area contributed by atoms with Crippen LogP contribution in [0.2, 0.25) is 0 Å². The van der Waals surface area contributed by atoms with E-state index in [0.29, 0.717) is 18.6 Å². The van der Waals surface area contributed by atoms with E-state index in [2.05, 4.69) is 22.6 Å². The molecule has 1 fully saturated rings. The van der Waals surface area contributed by atoms with Crippen molar-refractivity contribution >= 4 is 16.5 Å². The van der Waals surface area contributed by atoms with Crippen molar-refractivity contribution in [2.24, 2.45) is 5.92 Å². The second kappa shape index (κ2) is 5.64. The Kier molecular flexibility index (Phi) is 4.18. The third kappa shape index (κ3) is 2.74. The zero-order chi connectivity index (χ0) is 11.4. The number of hydrogen-bond acceptors (Lipinski definition) is 4. The van der Waals surface area contributed by atoms with Gasteiger partial charge in [0.25, 0.3) is 0 Å². The summed E-state index contributed by atoms with van der Waals surface area (Å²) >= 11 is 1.68. The summed E-state index contributed by atoms with van der Waals surface area (Å²) in [7, 11) is 0. The number of aliphatic hydroxyl groups is 1. The molecule has 0 saturated heterocycles. The Bertz CT molecular complexity index is 327. The largest absolute Gasteiger partial charge is 0.396 e. The molecular weight excluding hydrogens is 220 g/mol. The van der Waals surface area contributed by atoms with E-state index in [4.69, 9.17) is 0 Å². The van der Waals surface area contributed by atoms with Crippen LogP contribution < -0.4 is 5.32 Å². The van der Waals surface area contributed by atoms with Crippen LogP contribution in [0, 0.1) is 5.92 Å². The van der Waals surface area contributed by atoms with Crippen molar-refractivity contribution in [3.05, 3.63) is 11.1 Å². The fourth-order valence-corrected chi connectivity index (χ4v) is 3.17. The van der Waals surface area contributed by atoms with E-state index < -0.39 is 0 Å². The van der Waals surface area contributed by atoms with Crippen molar-refractivity contribution in [3.8, 4) is 0 Å². The predicted molar refractivity (Wildman–Crippen MR) is 67.9 cm³/mol. The molecule has 2 rings (SSSR count). The van der Waals surface area contributed by atoms with Crippen LogP contribution in [0.1, 0.15) is 38.3 Å². The SMILES string of the molecule is CCc1csc(NC2CCCCC2CO)n1. The van der Waals surface area contributed by atoms with Gasteiger partial charge in [0.05, 0.1) is 5.69 Å². The highest BCUT2D eigenvalue weighted by atomic mass is 32.1. The molecule has 1 aromatic rings. The first-order valence-corrected chi connectivity index (χ1v) is 7.03. The van der Waals surface area contributed by atoms with Gasteiger partial charge in [-0.2, -0.15) is 0 Å². The van der Waals surface area contributed by atoms with Gasteiger partial charge in [-0.3, -0.25) is 0 Å². The van der Waals surface area contributed by atoms with Crippen LogP contribution in [0.3, 0.4) is 0 Å². The topological polar surface area (TPSA) is 45.1 Å². The van der Waals surface area contributed by atoms with Crippen LogP contribution in [0.5, 0.6) is 0 Å². The maximum Gasteiger partial charge on any atom is 0.183 e. The second-order valence-electron chi connectivity index (χ2n) is 4.48. The lowest BCUT2D eigenvalue weighted by atomic mass is 9.85. The average Bonchev–Trinajstić information content (AvgIpc) is 2.77. The third-order valence-corrected chi connectivity index (χ3v) is 4.19. The number of hydrogen-bond donors (Lipinski definition) is 2. The van der Waals surface area contributed by atoms with Crippen molar-refractivity contribution in [1.29, 1.82) is 0 Å². The summed E-state index contributed by atoms with van der Waals surface area (Å²) in [5.41, 5.74) is 1.16. The first-order chi connectivity index (χ1) is 7.83. The molecule has 1 aromatic heterocycles. The van der Waals surface area contributed by atoms with Crippen molar-refractivity contribution in [1.82, 2.24) is 4.98 Å². The Balaban J connectivity index is 1.96. The van der Waals surface area contributed by atoms with Gasteiger partial charge in [-0.05, 0) is 19.3 Å². The van der Waals surface area contributed by atoms with E-state index in [1.54, 1.807) is 11.3 Å². The molecule has 0 radical (unpaired) electrons. The van der Waals surface area contributed by atoms with Crippen LogP contribution in [0.25, 0.3) is 0 Å². The van der Waals surface area contributed by atoms with Gasteiger partial charge in [0, 0.05) is 23.9 Å². The number of aryl methyl sites for hydroxylation is 1. The number of nitrogens with zero attached hydrogens (tertiary/aromatic N) is 1. The van der Waals surface area contributed by atoms with Gasteiger partial charge in [-0.25, -0.2) is 4.98 Å². The van der Waals surface area contributed by atoms with Crippen LogP contribution in [0.15, 0.2) is 5.38 Å². The molecule has 2 N–H and O–H groups in total. The first-order valence-electron chi connectivity index (χ1n) is 6.15. The van der Waals surface area contributed by atoms with Crippen LogP contribution >= 0.6 is 11.3 Å². The highest BCUT2D eigenvalue weighted by Crippen LogP contribution is 2.28. The molecule has 1 saturated carbocycles. The molecule has 0 amide bonds. The number of aromatic nitrogens is 1. The number of rotatable bonds is 4. The molecule has 1 aliphatic carbocycles. The Hall–Kier alpha value is -0.610. The number of aliphatic hydroxyl groups excluding tert-OH is 1. The first kappa shape index (κ1) is 11.9. The molecule has 0 aliphatic heterocycles. The lowest BCUT2D eigenvalue weighted by Crippen LogP contribution is -2.34. The minimum absolute atomic E-state index is 0.295. The van der Waals surface area contributed by atoms with E-state index in [1.807, 2.05) is 0 Å². The van der Waals surface area contributed by atoms with Crippen molar-refractivity contribution in [2.45, 2.75) is 45.1 Å². The molecule has 0 bridgehead atoms. The summed E-state index contributed by atoms with van der Waals surface area (Å²) < 4.78 is 0. The quantitative estimate of drug-likeness (QED) is 0.850. The second-order valence-corrected chi connectivity index (χ2v) is 5.33.